The Labute approximate surface area is 162 Å². The fourth-order valence-corrected chi connectivity index (χ4v) is 3.61. The van der Waals surface area contributed by atoms with E-state index in [-0.39, 0.29) is 6.04 Å². The number of aryl methyl sites for hydroxylation is 1. The Morgan fingerprint density at radius 3 is 2.68 bits per heavy atom. The van der Waals surface area contributed by atoms with Gasteiger partial charge in [0.05, 0.1) is 29.7 Å². The molecule has 0 saturated carbocycles. The molecule has 1 atom stereocenters. The van der Waals surface area contributed by atoms with Gasteiger partial charge in [0.25, 0.3) is 0 Å². The lowest BCUT2D eigenvalue weighted by molar-refractivity contribution is 0.503. The highest BCUT2D eigenvalue weighted by atomic mass is 15.3. The monoisotopic (exact) mass is 372 g/mol. The Kier molecular flexibility index (Phi) is 3.71. The van der Waals surface area contributed by atoms with Crippen molar-refractivity contribution in [1.29, 1.82) is 0 Å². The highest BCUT2D eigenvalue weighted by molar-refractivity contribution is 5.78. The standard InChI is InChI=1S/C20H20N8/c1-11(2)16-20-27-25-12(3)28(20)15-10-21-18(24-19(15)23-16)14-9-22-26-17(14)13-7-5-4-6-8-13/h4-11,16H,1-3H3,(H,22,26)(H,21,23,24). The van der Waals surface area contributed by atoms with Crippen molar-refractivity contribution in [3.63, 3.8) is 0 Å². The van der Waals surface area contributed by atoms with E-state index in [1.54, 1.807) is 6.20 Å². The lowest BCUT2D eigenvalue weighted by Crippen LogP contribution is -2.27. The lowest BCUT2D eigenvalue weighted by Gasteiger charge is -2.29. The minimum absolute atomic E-state index is 0.0365. The molecule has 4 heterocycles. The van der Waals surface area contributed by atoms with Crippen LogP contribution in [0.2, 0.25) is 0 Å². The maximum Gasteiger partial charge on any atom is 0.165 e. The molecule has 1 aliphatic rings. The van der Waals surface area contributed by atoms with E-state index in [1.165, 1.54) is 0 Å². The summed E-state index contributed by atoms with van der Waals surface area (Å²) < 4.78 is 2.04. The second-order valence-electron chi connectivity index (χ2n) is 7.26. The topological polar surface area (TPSA) is 97.2 Å². The number of nitrogens with one attached hydrogen (secondary N) is 2. The smallest absolute Gasteiger partial charge is 0.165 e. The van der Waals surface area contributed by atoms with Crippen LogP contribution in [0.4, 0.5) is 5.82 Å². The number of aromatic amines is 1. The van der Waals surface area contributed by atoms with Crippen molar-refractivity contribution < 1.29 is 0 Å². The molecule has 0 spiro atoms. The van der Waals surface area contributed by atoms with Crippen molar-refractivity contribution in [2.45, 2.75) is 26.8 Å². The van der Waals surface area contributed by atoms with Crippen LogP contribution in [-0.2, 0) is 0 Å². The number of H-pyrrole nitrogens is 1. The molecule has 0 amide bonds. The van der Waals surface area contributed by atoms with Crippen molar-refractivity contribution in [3.05, 3.63) is 54.4 Å². The van der Waals surface area contributed by atoms with Crippen LogP contribution < -0.4 is 5.32 Å². The van der Waals surface area contributed by atoms with Crippen LogP contribution in [0.5, 0.6) is 0 Å². The van der Waals surface area contributed by atoms with Crippen LogP contribution >= 0.6 is 0 Å². The molecule has 0 radical (unpaired) electrons. The SMILES string of the molecule is Cc1nnc2n1-c1cnc(-c3cn[nH]c3-c3ccccc3)nc1NC2C(C)C. The summed E-state index contributed by atoms with van der Waals surface area (Å²) in [6.45, 7) is 6.26. The van der Waals surface area contributed by atoms with E-state index in [1.807, 2.05) is 48.0 Å². The van der Waals surface area contributed by atoms with Crippen LogP contribution in [0.15, 0.2) is 42.7 Å². The van der Waals surface area contributed by atoms with E-state index in [0.29, 0.717) is 11.7 Å². The van der Waals surface area contributed by atoms with Crippen LogP contribution in [0.1, 0.15) is 31.5 Å². The number of hydrogen-bond acceptors (Lipinski definition) is 6. The summed E-state index contributed by atoms with van der Waals surface area (Å²) in [6.07, 6.45) is 3.59. The molecule has 3 aromatic heterocycles. The number of rotatable bonds is 3. The predicted molar refractivity (Wildman–Crippen MR) is 106 cm³/mol. The van der Waals surface area contributed by atoms with Crippen LogP contribution in [0, 0.1) is 12.8 Å². The molecule has 0 fully saturated rings. The Morgan fingerprint density at radius 2 is 1.89 bits per heavy atom. The summed E-state index contributed by atoms with van der Waals surface area (Å²) >= 11 is 0. The number of nitrogens with zero attached hydrogens (tertiary/aromatic N) is 6. The first-order chi connectivity index (χ1) is 13.6. The van der Waals surface area contributed by atoms with E-state index >= 15 is 0 Å². The predicted octanol–water partition coefficient (Wildman–Crippen LogP) is 3.55. The average molecular weight is 372 g/mol. The maximum absolute atomic E-state index is 4.84. The summed E-state index contributed by atoms with van der Waals surface area (Å²) in [5.74, 6) is 3.45. The van der Waals surface area contributed by atoms with Crippen LogP contribution in [0.25, 0.3) is 28.3 Å². The third-order valence-electron chi connectivity index (χ3n) is 5.04. The molecule has 4 aromatic rings. The van der Waals surface area contributed by atoms with Gasteiger partial charge in [0.1, 0.15) is 11.5 Å². The van der Waals surface area contributed by atoms with Crippen LogP contribution in [-0.4, -0.2) is 34.9 Å². The first-order valence-corrected chi connectivity index (χ1v) is 9.28. The molecule has 8 nitrogen and oxygen atoms in total. The van der Waals surface area contributed by atoms with E-state index in [0.717, 1.165) is 40.0 Å². The number of hydrogen-bond donors (Lipinski definition) is 2. The molecule has 0 bridgehead atoms. The van der Waals surface area contributed by atoms with Crippen molar-refractivity contribution >= 4 is 5.82 Å². The van der Waals surface area contributed by atoms with Gasteiger partial charge in [-0.05, 0) is 12.8 Å². The minimum atomic E-state index is 0.0365. The van der Waals surface area contributed by atoms with E-state index in [4.69, 9.17) is 4.98 Å². The average Bonchev–Trinajstić information content (AvgIpc) is 3.35. The highest BCUT2D eigenvalue weighted by Gasteiger charge is 2.31. The molecule has 1 aliphatic heterocycles. The molecule has 1 unspecified atom stereocenters. The molecule has 5 rings (SSSR count). The zero-order valence-electron chi connectivity index (χ0n) is 15.9. The molecular weight excluding hydrogens is 352 g/mol. The second kappa shape index (κ2) is 6.26. The van der Waals surface area contributed by atoms with Crippen molar-refractivity contribution in [2.24, 2.45) is 5.92 Å². The van der Waals surface area contributed by atoms with Gasteiger partial charge < -0.3 is 5.32 Å². The lowest BCUT2D eigenvalue weighted by atomic mass is 10.0. The molecular formula is C20H20N8. The largest absolute Gasteiger partial charge is 0.358 e. The van der Waals surface area contributed by atoms with Gasteiger partial charge in [-0.2, -0.15) is 5.10 Å². The second-order valence-corrected chi connectivity index (χ2v) is 7.26. The van der Waals surface area contributed by atoms with E-state index in [9.17, 15) is 0 Å². The zero-order valence-corrected chi connectivity index (χ0v) is 15.9. The number of anilines is 1. The van der Waals surface area contributed by atoms with Gasteiger partial charge in [-0.25, -0.2) is 9.97 Å². The Bertz CT molecular complexity index is 1140. The van der Waals surface area contributed by atoms with Crippen molar-refractivity contribution in [1.82, 2.24) is 34.9 Å². The summed E-state index contributed by atoms with van der Waals surface area (Å²) in [5.41, 5.74) is 3.67. The zero-order chi connectivity index (χ0) is 19.3. The third kappa shape index (κ3) is 2.49. The third-order valence-corrected chi connectivity index (χ3v) is 5.04. The molecule has 2 N–H and O–H groups in total. The summed E-state index contributed by atoms with van der Waals surface area (Å²) in [4.78, 5) is 9.46. The number of benzene rings is 1. The van der Waals surface area contributed by atoms with Gasteiger partial charge in [-0.15, -0.1) is 10.2 Å². The van der Waals surface area contributed by atoms with Gasteiger partial charge in [0.2, 0.25) is 0 Å². The van der Waals surface area contributed by atoms with Gasteiger partial charge in [-0.1, -0.05) is 44.2 Å². The van der Waals surface area contributed by atoms with Gasteiger partial charge in [-0.3, -0.25) is 9.67 Å². The fraction of sp³-hybridized carbons (Fsp3) is 0.250. The van der Waals surface area contributed by atoms with Crippen LogP contribution in [0.3, 0.4) is 0 Å². The first kappa shape index (κ1) is 16.6. The Morgan fingerprint density at radius 1 is 1.07 bits per heavy atom. The van der Waals surface area contributed by atoms with Crippen molar-refractivity contribution in [3.8, 4) is 28.3 Å². The number of fused-ring (bicyclic) bond motifs is 3. The molecule has 1 aromatic carbocycles. The van der Waals surface area contributed by atoms with Gasteiger partial charge >= 0.3 is 0 Å². The normalized spacial score (nSPS) is 15.2. The highest BCUT2D eigenvalue weighted by Crippen LogP contribution is 2.36. The Hall–Kier alpha value is -3.55. The number of aromatic nitrogens is 7. The van der Waals surface area contributed by atoms with E-state index in [2.05, 4.69) is 44.5 Å². The van der Waals surface area contributed by atoms with Gasteiger partial charge in [0, 0.05) is 5.56 Å². The minimum Gasteiger partial charge on any atom is -0.358 e. The van der Waals surface area contributed by atoms with Crippen molar-refractivity contribution in [2.75, 3.05) is 5.32 Å². The fourth-order valence-electron chi connectivity index (χ4n) is 3.61. The molecule has 8 heteroatoms. The van der Waals surface area contributed by atoms with E-state index < -0.39 is 0 Å². The maximum atomic E-state index is 4.84. The molecule has 0 aliphatic carbocycles. The Balaban J connectivity index is 1.63. The first-order valence-electron chi connectivity index (χ1n) is 9.28. The quantitative estimate of drug-likeness (QED) is 0.571. The summed E-state index contributed by atoms with van der Waals surface area (Å²) in [7, 11) is 0. The molecule has 28 heavy (non-hydrogen) atoms. The summed E-state index contributed by atoms with van der Waals surface area (Å²) in [5, 5.41) is 19.4. The molecule has 0 saturated heterocycles. The summed E-state index contributed by atoms with van der Waals surface area (Å²) in [6, 6.07) is 10.1. The van der Waals surface area contributed by atoms with Gasteiger partial charge in [0.15, 0.2) is 17.5 Å². The molecule has 140 valence electrons.